The topological polar surface area (TPSA) is 126 Å². The summed E-state index contributed by atoms with van der Waals surface area (Å²) in [6.07, 6.45) is 4.49. The lowest BCUT2D eigenvalue weighted by Gasteiger charge is -2.13. The van der Waals surface area contributed by atoms with E-state index in [-0.39, 0.29) is 22.1 Å². The zero-order valence-electron chi connectivity index (χ0n) is 21.0. The number of hydrogen-bond acceptors (Lipinski definition) is 8. The van der Waals surface area contributed by atoms with Gasteiger partial charge in [-0.05, 0) is 67.3 Å². The van der Waals surface area contributed by atoms with E-state index in [0.717, 1.165) is 28.6 Å². The second kappa shape index (κ2) is 9.82. The number of nitrogens with zero attached hydrogens (tertiary/aromatic N) is 3. The molecule has 0 atom stereocenters. The number of aryl methyl sites for hydroxylation is 2. The maximum Gasteiger partial charge on any atom is 0.252 e. The van der Waals surface area contributed by atoms with Crippen molar-refractivity contribution < 1.29 is 17.6 Å². The Morgan fingerprint density at radius 1 is 0.947 bits per heavy atom. The number of rotatable bonds is 1. The Morgan fingerprint density at radius 3 is 2.55 bits per heavy atom. The molecule has 8 bridgehead atoms. The first-order valence-corrected chi connectivity index (χ1v) is 13.7. The van der Waals surface area contributed by atoms with Gasteiger partial charge in [-0.2, -0.15) is 9.37 Å². The summed E-state index contributed by atoms with van der Waals surface area (Å²) in [4.78, 5) is 25.5. The molecule has 0 spiro atoms. The Morgan fingerprint density at radius 2 is 1.76 bits per heavy atom. The van der Waals surface area contributed by atoms with E-state index >= 15 is 0 Å². The Kier molecular flexibility index (Phi) is 6.53. The minimum atomic E-state index is -3.76. The summed E-state index contributed by atoms with van der Waals surface area (Å²) in [5.41, 5.74) is 4.50. The molecular formula is C27H25FN6O3S. The number of anilines is 4. The molecule has 2 aromatic carbocycles. The van der Waals surface area contributed by atoms with E-state index in [1.165, 1.54) is 24.4 Å². The van der Waals surface area contributed by atoms with Gasteiger partial charge in [0.15, 0.2) is 9.84 Å². The zero-order valence-corrected chi connectivity index (χ0v) is 21.8. The van der Waals surface area contributed by atoms with Crippen LogP contribution in [0.4, 0.5) is 27.5 Å². The molecule has 0 unspecified atom stereocenters. The monoisotopic (exact) mass is 532 g/mol. The molecule has 6 rings (SSSR count). The number of carbonyl (C=O) groups is 1. The molecule has 11 heteroatoms. The number of amides is 1. The second-order valence-electron chi connectivity index (χ2n) is 9.23. The molecule has 38 heavy (non-hydrogen) atoms. The highest BCUT2D eigenvalue weighted by Gasteiger charge is 2.21. The van der Waals surface area contributed by atoms with Gasteiger partial charge in [-0.15, -0.1) is 0 Å². The molecule has 9 nitrogen and oxygen atoms in total. The van der Waals surface area contributed by atoms with Gasteiger partial charge in [0.2, 0.25) is 11.9 Å². The van der Waals surface area contributed by atoms with E-state index in [9.17, 15) is 17.6 Å². The molecule has 4 heterocycles. The Labute approximate surface area is 219 Å². The third kappa shape index (κ3) is 5.32. The summed E-state index contributed by atoms with van der Waals surface area (Å²) in [6, 6.07) is 11.9. The van der Waals surface area contributed by atoms with Crippen LogP contribution in [0.5, 0.6) is 0 Å². The number of hydrogen-bond donors (Lipinski definition) is 3. The summed E-state index contributed by atoms with van der Waals surface area (Å²) >= 11 is 0. The first-order valence-electron chi connectivity index (χ1n) is 11.8. The summed E-state index contributed by atoms with van der Waals surface area (Å²) < 4.78 is 39.9. The maximum absolute atomic E-state index is 14.7. The molecule has 0 saturated heterocycles. The lowest BCUT2D eigenvalue weighted by Crippen LogP contribution is -2.27. The summed E-state index contributed by atoms with van der Waals surface area (Å²) in [5, 5.41) is 9.00. The lowest BCUT2D eigenvalue weighted by atomic mass is 10.0. The zero-order chi connectivity index (χ0) is 27.0. The van der Waals surface area contributed by atoms with Crippen molar-refractivity contribution >= 4 is 38.9 Å². The van der Waals surface area contributed by atoms with Crippen LogP contribution in [0, 0.1) is 19.8 Å². The summed E-state index contributed by atoms with van der Waals surface area (Å²) in [6.45, 7) is 4.13. The van der Waals surface area contributed by atoms with Crippen molar-refractivity contribution in [2.24, 2.45) is 0 Å². The van der Waals surface area contributed by atoms with Gasteiger partial charge < -0.3 is 16.0 Å². The molecule has 0 fully saturated rings. The number of carbonyl (C=O) groups excluding carboxylic acids is 1. The number of benzene rings is 2. The molecule has 0 aliphatic carbocycles. The normalized spacial score (nSPS) is 13.4. The van der Waals surface area contributed by atoms with Crippen molar-refractivity contribution in [2.75, 3.05) is 23.4 Å². The van der Waals surface area contributed by atoms with Crippen LogP contribution in [0.2, 0.25) is 0 Å². The van der Waals surface area contributed by atoms with Crippen molar-refractivity contribution in [3.63, 3.8) is 0 Å². The molecule has 2 aromatic heterocycles. The van der Waals surface area contributed by atoms with Gasteiger partial charge >= 0.3 is 0 Å². The molecule has 4 aromatic rings. The molecule has 0 radical (unpaired) electrons. The quantitative estimate of drug-likeness (QED) is 0.307. The Bertz CT molecular complexity index is 1690. The number of fused-ring (bicyclic) bond motifs is 5. The predicted molar refractivity (Wildman–Crippen MR) is 143 cm³/mol. The highest BCUT2D eigenvalue weighted by molar-refractivity contribution is 7.90. The first kappa shape index (κ1) is 25.3. The van der Waals surface area contributed by atoms with Crippen LogP contribution in [0.15, 0.2) is 59.8 Å². The molecule has 1 amide bonds. The molecule has 3 N–H and O–H groups in total. The van der Waals surface area contributed by atoms with E-state index in [0.29, 0.717) is 29.9 Å². The van der Waals surface area contributed by atoms with Crippen LogP contribution in [0.1, 0.15) is 27.0 Å². The van der Waals surface area contributed by atoms with E-state index in [1.807, 2.05) is 32.0 Å². The molecular weight excluding hydrogens is 507 g/mol. The molecule has 194 valence electrons. The fourth-order valence-corrected chi connectivity index (χ4v) is 5.17. The molecule has 2 aliphatic rings. The van der Waals surface area contributed by atoms with Crippen LogP contribution in [-0.2, 0) is 16.3 Å². The van der Waals surface area contributed by atoms with Gasteiger partial charge in [-0.25, -0.2) is 18.4 Å². The fraction of sp³-hybridized carbons (Fsp3) is 0.185. The molecule has 0 saturated carbocycles. The maximum atomic E-state index is 14.7. The number of pyridine rings is 1. The predicted octanol–water partition coefficient (Wildman–Crippen LogP) is 4.47. The Balaban J connectivity index is 1.66. The number of halogens is 1. The SMILES string of the molecule is Cc1cc2cc(c1)Nc1nc(ncc1C)Nc1cc(cnc1F)-c1ccc(c(S(C)(=O)=O)c1)C(=O)NCC2. The molecule has 2 aliphatic heterocycles. The third-order valence-corrected chi connectivity index (χ3v) is 7.25. The van der Waals surface area contributed by atoms with Crippen LogP contribution < -0.4 is 16.0 Å². The van der Waals surface area contributed by atoms with Crippen LogP contribution in [0.3, 0.4) is 0 Å². The minimum absolute atomic E-state index is 0.00999. The van der Waals surface area contributed by atoms with Crippen LogP contribution in [-0.4, -0.2) is 42.1 Å². The second-order valence-corrected chi connectivity index (χ2v) is 11.2. The average Bonchev–Trinajstić information content (AvgIpc) is 2.85. The van der Waals surface area contributed by atoms with E-state index in [1.54, 1.807) is 12.3 Å². The van der Waals surface area contributed by atoms with Crippen molar-refractivity contribution in [2.45, 2.75) is 25.2 Å². The van der Waals surface area contributed by atoms with Crippen LogP contribution >= 0.6 is 0 Å². The number of aromatic nitrogens is 3. The van der Waals surface area contributed by atoms with E-state index < -0.39 is 21.7 Å². The largest absolute Gasteiger partial charge is 0.352 e. The van der Waals surface area contributed by atoms with E-state index in [4.69, 9.17) is 0 Å². The van der Waals surface area contributed by atoms with Crippen molar-refractivity contribution in [3.8, 4) is 11.1 Å². The summed E-state index contributed by atoms with van der Waals surface area (Å²) in [5.74, 6) is -0.574. The Hall–Kier alpha value is -4.38. The van der Waals surface area contributed by atoms with Gasteiger partial charge in [0.05, 0.1) is 16.1 Å². The first-order chi connectivity index (χ1) is 18.1. The van der Waals surface area contributed by atoms with Gasteiger partial charge in [0, 0.05) is 42.0 Å². The lowest BCUT2D eigenvalue weighted by molar-refractivity contribution is 0.0951. The summed E-state index contributed by atoms with van der Waals surface area (Å²) in [7, 11) is -3.76. The van der Waals surface area contributed by atoms with Crippen LogP contribution in [0.25, 0.3) is 11.1 Å². The third-order valence-electron chi connectivity index (χ3n) is 6.12. The van der Waals surface area contributed by atoms with Gasteiger partial charge in [0.1, 0.15) is 5.82 Å². The van der Waals surface area contributed by atoms with Crippen molar-refractivity contribution in [3.05, 3.63) is 83.1 Å². The standard InChI is InChI=1S/C27H25FN6O3S/c1-15-8-17-6-7-29-26(35)21-5-4-18(12-23(21)38(3,36)37)19-11-22(24(28)30-14-19)33-27-31-13-16(2)25(34-27)32-20(9-15)10-17/h4-5,8-14H,6-7H2,1-3H3,(H,29,35)(H2,31,32,33,34). The average molecular weight is 533 g/mol. The highest BCUT2D eigenvalue weighted by atomic mass is 32.2. The smallest absolute Gasteiger partial charge is 0.252 e. The van der Waals surface area contributed by atoms with E-state index in [2.05, 4.69) is 30.9 Å². The number of sulfone groups is 1. The fourth-order valence-electron chi connectivity index (χ4n) is 4.27. The van der Waals surface area contributed by atoms with Gasteiger partial charge in [-0.3, -0.25) is 4.79 Å². The van der Waals surface area contributed by atoms with Crippen molar-refractivity contribution in [1.82, 2.24) is 20.3 Å². The van der Waals surface area contributed by atoms with Crippen molar-refractivity contribution in [1.29, 1.82) is 0 Å². The highest BCUT2D eigenvalue weighted by Crippen LogP contribution is 2.29. The van der Waals surface area contributed by atoms with Gasteiger partial charge in [-0.1, -0.05) is 12.1 Å². The van der Waals surface area contributed by atoms with Gasteiger partial charge in [0.25, 0.3) is 5.91 Å². The minimum Gasteiger partial charge on any atom is -0.352 e. The number of nitrogens with one attached hydrogen (secondary N) is 3.